The van der Waals surface area contributed by atoms with Crippen molar-refractivity contribution < 1.29 is 9.13 Å². The lowest BCUT2D eigenvalue weighted by Crippen LogP contribution is -2.36. The number of ether oxygens (including phenoxy) is 1. The minimum absolute atomic E-state index is 0. The number of hydrogen-bond donors (Lipinski definition) is 2. The van der Waals surface area contributed by atoms with Crippen LogP contribution in [0.15, 0.2) is 47.6 Å². The number of aliphatic imine (C=N–C) groups is 1. The van der Waals surface area contributed by atoms with Crippen LogP contribution in [-0.2, 0) is 13.1 Å². The van der Waals surface area contributed by atoms with E-state index in [1.807, 2.05) is 32.0 Å². The highest BCUT2D eigenvalue weighted by Gasteiger charge is 2.01. The normalized spacial score (nSPS) is 10.8. The number of aromatic nitrogens is 1. The molecule has 0 unspecified atom stereocenters. The number of guanidine groups is 1. The maximum absolute atomic E-state index is 13.2. The van der Waals surface area contributed by atoms with Crippen LogP contribution in [0.3, 0.4) is 0 Å². The number of nitrogens with zero attached hydrogens (tertiary/aromatic N) is 2. The standard InChI is InChI=1S/C18H23FN4O.HI/c1-3-20-18(22-12-14-6-5-7-16(19)10-14)23-13-15-8-9-21-17(11-15)24-4-2;/h5-11H,3-4,12-13H2,1-2H3,(H2,20,22,23);1H. The van der Waals surface area contributed by atoms with Gasteiger partial charge in [-0.3, -0.25) is 0 Å². The molecule has 136 valence electrons. The van der Waals surface area contributed by atoms with Gasteiger partial charge in [-0.2, -0.15) is 0 Å². The van der Waals surface area contributed by atoms with Crippen LogP contribution in [0.25, 0.3) is 0 Å². The zero-order valence-electron chi connectivity index (χ0n) is 14.5. The molecule has 0 bridgehead atoms. The maximum atomic E-state index is 13.2. The first-order chi connectivity index (χ1) is 11.7. The number of benzene rings is 1. The van der Waals surface area contributed by atoms with E-state index < -0.39 is 0 Å². The summed E-state index contributed by atoms with van der Waals surface area (Å²) >= 11 is 0. The Morgan fingerprint density at radius 1 is 1.16 bits per heavy atom. The van der Waals surface area contributed by atoms with Crippen molar-refractivity contribution >= 4 is 29.9 Å². The molecule has 2 rings (SSSR count). The van der Waals surface area contributed by atoms with Gasteiger partial charge in [0.1, 0.15) is 5.82 Å². The number of rotatable bonds is 7. The lowest BCUT2D eigenvalue weighted by atomic mass is 10.2. The van der Waals surface area contributed by atoms with E-state index in [0.717, 1.165) is 17.7 Å². The van der Waals surface area contributed by atoms with Crippen LogP contribution >= 0.6 is 24.0 Å². The molecule has 25 heavy (non-hydrogen) atoms. The van der Waals surface area contributed by atoms with E-state index in [2.05, 4.69) is 20.6 Å². The van der Waals surface area contributed by atoms with E-state index in [-0.39, 0.29) is 29.8 Å². The van der Waals surface area contributed by atoms with E-state index in [9.17, 15) is 4.39 Å². The molecule has 5 nitrogen and oxygen atoms in total. The van der Waals surface area contributed by atoms with Gasteiger partial charge in [0.2, 0.25) is 5.88 Å². The van der Waals surface area contributed by atoms with Gasteiger partial charge >= 0.3 is 0 Å². The predicted molar refractivity (Wildman–Crippen MR) is 109 cm³/mol. The summed E-state index contributed by atoms with van der Waals surface area (Å²) in [6.07, 6.45) is 1.72. The van der Waals surface area contributed by atoms with Gasteiger partial charge in [0.05, 0.1) is 13.2 Å². The first kappa shape index (κ1) is 21.1. The van der Waals surface area contributed by atoms with Crippen LogP contribution in [0.4, 0.5) is 4.39 Å². The fourth-order valence-corrected chi connectivity index (χ4v) is 2.12. The Hall–Kier alpha value is -1.90. The van der Waals surface area contributed by atoms with Crippen molar-refractivity contribution in [2.24, 2.45) is 4.99 Å². The lowest BCUT2D eigenvalue weighted by molar-refractivity contribution is 0.326. The smallest absolute Gasteiger partial charge is 0.213 e. The average Bonchev–Trinajstić information content (AvgIpc) is 2.58. The van der Waals surface area contributed by atoms with E-state index in [1.54, 1.807) is 12.3 Å². The van der Waals surface area contributed by atoms with Crippen molar-refractivity contribution in [1.82, 2.24) is 15.6 Å². The summed E-state index contributed by atoms with van der Waals surface area (Å²) in [6.45, 7) is 6.26. The fourth-order valence-electron chi connectivity index (χ4n) is 2.12. The number of hydrogen-bond acceptors (Lipinski definition) is 3. The highest BCUT2D eigenvalue weighted by atomic mass is 127. The van der Waals surface area contributed by atoms with Crippen LogP contribution in [0.5, 0.6) is 5.88 Å². The Morgan fingerprint density at radius 3 is 2.72 bits per heavy atom. The van der Waals surface area contributed by atoms with Crippen LogP contribution in [0, 0.1) is 5.82 Å². The van der Waals surface area contributed by atoms with Gasteiger partial charge in [-0.25, -0.2) is 14.4 Å². The second kappa shape index (κ2) is 11.6. The number of pyridine rings is 1. The molecule has 0 fully saturated rings. The summed E-state index contributed by atoms with van der Waals surface area (Å²) in [5.41, 5.74) is 1.87. The lowest BCUT2D eigenvalue weighted by Gasteiger charge is -2.12. The van der Waals surface area contributed by atoms with Gasteiger partial charge in [-0.1, -0.05) is 12.1 Å². The monoisotopic (exact) mass is 458 g/mol. The Kier molecular flexibility index (Phi) is 9.83. The Balaban J connectivity index is 0.00000312. The molecule has 1 aromatic carbocycles. The molecule has 7 heteroatoms. The van der Waals surface area contributed by atoms with Crippen molar-refractivity contribution in [2.75, 3.05) is 13.2 Å². The summed E-state index contributed by atoms with van der Waals surface area (Å²) in [6, 6.07) is 10.3. The summed E-state index contributed by atoms with van der Waals surface area (Å²) in [4.78, 5) is 8.62. The summed E-state index contributed by atoms with van der Waals surface area (Å²) < 4.78 is 18.6. The second-order valence-electron chi connectivity index (χ2n) is 5.11. The molecule has 1 aromatic heterocycles. The minimum Gasteiger partial charge on any atom is -0.478 e. The van der Waals surface area contributed by atoms with Crippen LogP contribution in [0.1, 0.15) is 25.0 Å². The van der Waals surface area contributed by atoms with Crippen molar-refractivity contribution in [2.45, 2.75) is 26.9 Å². The molecular weight excluding hydrogens is 434 g/mol. The highest BCUT2D eigenvalue weighted by molar-refractivity contribution is 14.0. The molecule has 0 amide bonds. The van der Waals surface area contributed by atoms with E-state index >= 15 is 0 Å². The predicted octanol–water partition coefficient (Wildman–Crippen LogP) is 3.49. The maximum Gasteiger partial charge on any atom is 0.213 e. The number of halogens is 2. The van der Waals surface area contributed by atoms with Crippen molar-refractivity contribution in [3.8, 4) is 5.88 Å². The zero-order chi connectivity index (χ0) is 17.2. The summed E-state index contributed by atoms with van der Waals surface area (Å²) in [5, 5.41) is 6.43. The molecule has 0 aliphatic carbocycles. The Labute approximate surface area is 165 Å². The molecule has 2 N–H and O–H groups in total. The van der Waals surface area contributed by atoms with Gasteiger partial charge < -0.3 is 15.4 Å². The molecule has 2 aromatic rings. The van der Waals surface area contributed by atoms with Gasteiger partial charge in [0.15, 0.2) is 5.96 Å². The van der Waals surface area contributed by atoms with Crippen LogP contribution in [-0.4, -0.2) is 24.1 Å². The summed E-state index contributed by atoms with van der Waals surface area (Å²) in [5.74, 6) is 1.04. The fraction of sp³-hybridized carbons (Fsp3) is 0.333. The van der Waals surface area contributed by atoms with Crippen molar-refractivity contribution in [3.05, 3.63) is 59.5 Å². The average molecular weight is 458 g/mol. The first-order valence-electron chi connectivity index (χ1n) is 8.05. The molecule has 0 saturated carbocycles. The van der Waals surface area contributed by atoms with Crippen molar-refractivity contribution in [3.63, 3.8) is 0 Å². The summed E-state index contributed by atoms with van der Waals surface area (Å²) in [7, 11) is 0. The van der Waals surface area contributed by atoms with Gasteiger partial charge in [-0.05, 0) is 43.2 Å². The Morgan fingerprint density at radius 2 is 2.00 bits per heavy atom. The third kappa shape index (κ3) is 7.68. The second-order valence-corrected chi connectivity index (χ2v) is 5.11. The van der Waals surface area contributed by atoms with Gasteiger partial charge in [0, 0.05) is 25.4 Å². The van der Waals surface area contributed by atoms with E-state index in [1.165, 1.54) is 12.1 Å². The highest BCUT2D eigenvalue weighted by Crippen LogP contribution is 2.09. The molecule has 0 atom stereocenters. The molecular formula is C18H24FIN4O. The zero-order valence-corrected chi connectivity index (χ0v) is 16.8. The molecule has 0 saturated heterocycles. The van der Waals surface area contributed by atoms with Gasteiger partial charge in [0.25, 0.3) is 0 Å². The molecule has 1 heterocycles. The third-order valence-electron chi connectivity index (χ3n) is 3.20. The largest absolute Gasteiger partial charge is 0.478 e. The SMILES string of the molecule is CCNC(=NCc1cccc(F)c1)NCc1ccnc(OCC)c1.I. The molecule has 0 aliphatic rings. The van der Waals surface area contributed by atoms with Crippen molar-refractivity contribution in [1.29, 1.82) is 0 Å². The van der Waals surface area contributed by atoms with E-state index in [0.29, 0.717) is 31.5 Å². The molecule has 0 spiro atoms. The van der Waals surface area contributed by atoms with Crippen LogP contribution in [0.2, 0.25) is 0 Å². The topological polar surface area (TPSA) is 58.5 Å². The molecule has 0 aliphatic heterocycles. The number of nitrogens with one attached hydrogen (secondary N) is 2. The van der Waals surface area contributed by atoms with Gasteiger partial charge in [-0.15, -0.1) is 24.0 Å². The van der Waals surface area contributed by atoms with Crippen LogP contribution < -0.4 is 15.4 Å². The quantitative estimate of drug-likeness (QED) is 0.379. The van der Waals surface area contributed by atoms with E-state index in [4.69, 9.17) is 4.74 Å². The minimum atomic E-state index is -0.249. The third-order valence-corrected chi connectivity index (χ3v) is 3.20. The Bertz CT molecular complexity index is 682. The first-order valence-corrected chi connectivity index (χ1v) is 8.05. The molecule has 0 radical (unpaired) electrons.